The number of allylic oxidation sites excluding steroid dienone is 1. The van der Waals surface area contributed by atoms with E-state index < -0.39 is 9.84 Å². The number of carbonyl (C=O) groups excluding carboxylic acids is 1. The predicted octanol–water partition coefficient (Wildman–Crippen LogP) is 0.935. The van der Waals surface area contributed by atoms with Gasteiger partial charge in [0.05, 0.1) is 16.8 Å². The summed E-state index contributed by atoms with van der Waals surface area (Å²) in [7, 11) is 0.434. The highest BCUT2D eigenvalue weighted by Crippen LogP contribution is 2.31. The molecule has 2 rings (SSSR count). The molecule has 0 aliphatic carbocycles. The minimum absolute atomic E-state index is 0.00635. The molecule has 0 N–H and O–H groups in total. The van der Waals surface area contributed by atoms with Crippen LogP contribution in [0.4, 0.5) is 0 Å². The van der Waals surface area contributed by atoms with Crippen molar-refractivity contribution in [1.29, 1.82) is 0 Å². The third-order valence-corrected chi connectivity index (χ3v) is 6.56. The molecule has 2 heterocycles. The van der Waals surface area contributed by atoms with Gasteiger partial charge in [0.25, 0.3) is 0 Å². The third-order valence-electron chi connectivity index (χ3n) is 3.73. The van der Waals surface area contributed by atoms with Crippen LogP contribution >= 0.6 is 11.8 Å². The highest BCUT2D eigenvalue weighted by molar-refractivity contribution is 8.00. The molecule has 1 aromatic rings. The summed E-state index contributed by atoms with van der Waals surface area (Å²) in [5, 5.41) is 8.69. The fraction of sp³-hybridized carbons (Fsp3) is 0.643. The zero-order chi connectivity index (χ0) is 17.2. The van der Waals surface area contributed by atoms with E-state index in [2.05, 4.69) is 16.8 Å². The van der Waals surface area contributed by atoms with Crippen LogP contribution in [0.25, 0.3) is 0 Å². The fourth-order valence-corrected chi connectivity index (χ4v) is 5.31. The lowest BCUT2D eigenvalue weighted by molar-refractivity contribution is -0.127. The number of rotatable bonds is 6. The summed E-state index contributed by atoms with van der Waals surface area (Å²) in [5.41, 5.74) is 0. The first kappa shape index (κ1) is 18.0. The summed E-state index contributed by atoms with van der Waals surface area (Å²) in [6.07, 6.45) is 2.28. The van der Waals surface area contributed by atoms with E-state index in [0.29, 0.717) is 23.9 Å². The van der Waals surface area contributed by atoms with Crippen molar-refractivity contribution in [3.8, 4) is 0 Å². The Balaban J connectivity index is 2.25. The normalized spacial score (nSPS) is 21.1. The van der Waals surface area contributed by atoms with Crippen LogP contribution in [0.1, 0.15) is 25.1 Å². The molecule has 1 aliphatic rings. The van der Waals surface area contributed by atoms with Crippen LogP contribution < -0.4 is 0 Å². The summed E-state index contributed by atoms with van der Waals surface area (Å²) in [4.78, 5) is 13.6. The Hall–Kier alpha value is -1.35. The molecule has 0 unspecified atom stereocenters. The first-order valence-corrected chi connectivity index (χ1v) is 10.1. The maximum absolute atomic E-state index is 12.0. The van der Waals surface area contributed by atoms with E-state index in [1.807, 2.05) is 11.5 Å². The van der Waals surface area contributed by atoms with Gasteiger partial charge in [0.2, 0.25) is 5.91 Å². The average molecular weight is 358 g/mol. The van der Waals surface area contributed by atoms with Crippen molar-refractivity contribution in [3.05, 3.63) is 18.5 Å². The van der Waals surface area contributed by atoms with Gasteiger partial charge in [0.15, 0.2) is 15.0 Å². The molecular formula is C14H22N4O3S2. The zero-order valence-electron chi connectivity index (χ0n) is 13.6. The van der Waals surface area contributed by atoms with Crippen molar-refractivity contribution >= 4 is 27.5 Å². The highest BCUT2D eigenvalue weighted by atomic mass is 32.2. The first-order valence-electron chi connectivity index (χ1n) is 7.37. The number of hydrogen-bond acceptors (Lipinski definition) is 6. The molecule has 0 aromatic carbocycles. The van der Waals surface area contributed by atoms with Crippen molar-refractivity contribution in [3.63, 3.8) is 0 Å². The predicted molar refractivity (Wildman–Crippen MR) is 90.2 cm³/mol. The molecule has 0 bridgehead atoms. The summed E-state index contributed by atoms with van der Waals surface area (Å²) in [6.45, 7) is 6.05. The largest absolute Gasteiger partial charge is 0.348 e. The molecular weight excluding hydrogens is 336 g/mol. The summed E-state index contributed by atoms with van der Waals surface area (Å²) >= 11 is 1.33. The lowest BCUT2D eigenvalue weighted by Crippen LogP contribution is -2.29. The molecule has 0 radical (unpaired) electrons. The second-order valence-corrected chi connectivity index (χ2v) is 9.37. The topological polar surface area (TPSA) is 85.2 Å². The minimum atomic E-state index is -2.99. The Morgan fingerprint density at radius 2 is 2.22 bits per heavy atom. The molecule has 0 saturated carbocycles. The van der Waals surface area contributed by atoms with Crippen LogP contribution in [0, 0.1) is 0 Å². The van der Waals surface area contributed by atoms with Gasteiger partial charge in [-0.25, -0.2) is 8.42 Å². The van der Waals surface area contributed by atoms with Crippen molar-refractivity contribution < 1.29 is 13.2 Å². The minimum Gasteiger partial charge on any atom is -0.348 e. The van der Waals surface area contributed by atoms with Crippen LogP contribution in [-0.2, 0) is 21.2 Å². The lowest BCUT2D eigenvalue weighted by atomic mass is 10.1. The number of thioether (sulfide) groups is 1. The lowest BCUT2D eigenvalue weighted by Gasteiger charge is -2.17. The van der Waals surface area contributed by atoms with E-state index in [9.17, 15) is 13.2 Å². The van der Waals surface area contributed by atoms with Crippen molar-refractivity contribution in [2.24, 2.45) is 0 Å². The number of aromatic nitrogens is 3. The van der Waals surface area contributed by atoms with Crippen LogP contribution in [0.2, 0.25) is 0 Å². The fourth-order valence-electron chi connectivity index (χ4n) is 2.56. The second-order valence-electron chi connectivity index (χ2n) is 5.83. The van der Waals surface area contributed by atoms with Gasteiger partial charge in [-0.3, -0.25) is 4.79 Å². The van der Waals surface area contributed by atoms with Gasteiger partial charge in [-0.1, -0.05) is 17.8 Å². The molecule has 1 aromatic heterocycles. The molecule has 0 spiro atoms. The SMILES string of the molecule is C=CCn1c(S[C@@H](C)C(=O)N(C)C)nnc1[C@H]1CCS(=O)(=O)C1. The Labute approximate surface area is 141 Å². The van der Waals surface area contributed by atoms with Crippen molar-refractivity contribution in [2.45, 2.75) is 36.2 Å². The Kier molecular flexibility index (Phi) is 5.51. The maximum atomic E-state index is 12.0. The molecule has 1 amide bonds. The Morgan fingerprint density at radius 3 is 2.74 bits per heavy atom. The third kappa shape index (κ3) is 4.14. The first-order chi connectivity index (χ1) is 10.7. The molecule has 1 aliphatic heterocycles. The van der Waals surface area contributed by atoms with Gasteiger partial charge in [-0.15, -0.1) is 16.8 Å². The quantitative estimate of drug-likeness (QED) is 0.556. The van der Waals surface area contributed by atoms with Crippen molar-refractivity contribution in [2.75, 3.05) is 25.6 Å². The van der Waals surface area contributed by atoms with E-state index in [4.69, 9.17) is 0 Å². The monoisotopic (exact) mass is 358 g/mol. The molecule has 23 heavy (non-hydrogen) atoms. The van der Waals surface area contributed by atoms with Crippen LogP contribution in [0.15, 0.2) is 17.8 Å². The number of nitrogens with zero attached hydrogens (tertiary/aromatic N) is 4. The number of sulfone groups is 1. The number of carbonyl (C=O) groups is 1. The molecule has 2 atom stereocenters. The average Bonchev–Trinajstić information content (AvgIpc) is 3.02. The smallest absolute Gasteiger partial charge is 0.235 e. The standard InChI is InChI=1S/C14H22N4O3S2/c1-5-7-18-12(11-6-8-23(20,21)9-11)15-16-14(18)22-10(2)13(19)17(3)4/h5,10-11H,1,6-9H2,2-4H3/t10-,11-/m0/s1. The molecule has 1 saturated heterocycles. The summed E-state index contributed by atoms with van der Waals surface area (Å²) in [6, 6.07) is 0. The van der Waals surface area contributed by atoms with Gasteiger partial charge in [0.1, 0.15) is 5.82 Å². The number of hydrogen-bond donors (Lipinski definition) is 0. The molecule has 128 valence electrons. The van der Waals surface area contributed by atoms with Crippen LogP contribution in [-0.4, -0.2) is 64.8 Å². The maximum Gasteiger partial charge on any atom is 0.235 e. The summed E-state index contributed by atoms with van der Waals surface area (Å²) in [5.74, 6) is 0.822. The van der Waals surface area contributed by atoms with Gasteiger partial charge < -0.3 is 9.47 Å². The van der Waals surface area contributed by atoms with E-state index in [0.717, 1.165) is 0 Å². The van der Waals surface area contributed by atoms with E-state index in [-0.39, 0.29) is 28.6 Å². The zero-order valence-corrected chi connectivity index (χ0v) is 15.2. The van der Waals surface area contributed by atoms with Crippen LogP contribution in [0.3, 0.4) is 0 Å². The molecule has 7 nitrogen and oxygen atoms in total. The number of amides is 1. The Bertz CT molecular complexity index is 697. The molecule has 1 fully saturated rings. The van der Waals surface area contributed by atoms with Gasteiger partial charge >= 0.3 is 0 Å². The van der Waals surface area contributed by atoms with Crippen molar-refractivity contribution in [1.82, 2.24) is 19.7 Å². The van der Waals surface area contributed by atoms with Crippen LogP contribution in [0.5, 0.6) is 0 Å². The van der Waals surface area contributed by atoms with E-state index in [1.54, 1.807) is 20.2 Å². The Morgan fingerprint density at radius 1 is 1.52 bits per heavy atom. The van der Waals surface area contributed by atoms with E-state index >= 15 is 0 Å². The van der Waals surface area contributed by atoms with Gasteiger partial charge in [0, 0.05) is 26.6 Å². The second kappa shape index (κ2) is 7.04. The van der Waals surface area contributed by atoms with Gasteiger partial charge in [-0.05, 0) is 13.3 Å². The van der Waals surface area contributed by atoms with E-state index in [1.165, 1.54) is 16.7 Å². The van der Waals surface area contributed by atoms with Gasteiger partial charge in [-0.2, -0.15) is 0 Å². The highest BCUT2D eigenvalue weighted by Gasteiger charge is 2.33. The molecule has 9 heteroatoms. The summed E-state index contributed by atoms with van der Waals surface area (Å²) < 4.78 is 25.3.